The number of aliphatic carboxylic acids is 1. The van der Waals surface area contributed by atoms with Crippen molar-refractivity contribution in [3.63, 3.8) is 0 Å². The summed E-state index contributed by atoms with van der Waals surface area (Å²) < 4.78 is 26.7. The molecule has 0 spiro atoms. The number of hydrogen-bond acceptors (Lipinski definition) is 5. The van der Waals surface area contributed by atoms with Crippen molar-refractivity contribution >= 4 is 38.7 Å². The van der Waals surface area contributed by atoms with Gasteiger partial charge in [-0.3, -0.25) is 4.79 Å². The van der Waals surface area contributed by atoms with Crippen LogP contribution >= 0.6 is 22.7 Å². The van der Waals surface area contributed by atoms with Gasteiger partial charge in [0, 0.05) is 16.3 Å². The van der Waals surface area contributed by atoms with Gasteiger partial charge in [-0.25, -0.2) is 13.1 Å². The molecule has 108 valence electrons. The molecule has 0 radical (unpaired) electrons. The molecule has 0 aromatic carbocycles. The average Bonchev–Trinajstić information content (AvgIpc) is 2.99. The minimum absolute atomic E-state index is 0.153. The molecule has 0 aliphatic rings. The van der Waals surface area contributed by atoms with Crippen molar-refractivity contribution in [2.75, 3.05) is 6.54 Å². The smallest absolute Gasteiger partial charge is 0.308 e. The normalized spacial score (nSPS) is 11.6. The number of nitrogens with one attached hydrogen (secondary N) is 1. The fourth-order valence-corrected chi connectivity index (χ4v) is 4.71. The second-order valence-corrected chi connectivity index (χ2v) is 8.21. The molecule has 0 aliphatic heterocycles. The highest BCUT2D eigenvalue weighted by molar-refractivity contribution is 7.91. The van der Waals surface area contributed by atoms with E-state index in [-0.39, 0.29) is 10.6 Å². The van der Waals surface area contributed by atoms with Gasteiger partial charge in [-0.15, -0.1) is 22.7 Å². The molecule has 2 rings (SSSR count). The van der Waals surface area contributed by atoms with Crippen LogP contribution in [0.2, 0.25) is 0 Å². The van der Waals surface area contributed by atoms with E-state index in [1.54, 1.807) is 11.3 Å². The Labute approximate surface area is 124 Å². The predicted molar refractivity (Wildman–Crippen MR) is 78.9 cm³/mol. The number of rotatable bonds is 7. The van der Waals surface area contributed by atoms with Crippen LogP contribution in [0.25, 0.3) is 0 Å². The molecule has 2 N–H and O–H groups in total. The summed E-state index contributed by atoms with van der Waals surface area (Å²) in [7, 11) is -3.55. The highest BCUT2D eigenvalue weighted by atomic mass is 32.2. The molecule has 2 aromatic heterocycles. The molecule has 0 aliphatic carbocycles. The fourth-order valence-electron chi connectivity index (χ4n) is 1.58. The van der Waals surface area contributed by atoms with Crippen LogP contribution in [-0.4, -0.2) is 26.0 Å². The summed E-state index contributed by atoms with van der Waals surface area (Å²) in [6.45, 7) is 0.328. The molecule has 0 saturated heterocycles. The first-order valence-corrected chi connectivity index (χ1v) is 8.98. The van der Waals surface area contributed by atoms with Gasteiger partial charge in [0.25, 0.3) is 0 Å². The van der Waals surface area contributed by atoms with Gasteiger partial charge in [0.05, 0.1) is 6.42 Å². The van der Waals surface area contributed by atoms with E-state index in [4.69, 9.17) is 5.11 Å². The zero-order valence-corrected chi connectivity index (χ0v) is 12.9. The summed E-state index contributed by atoms with van der Waals surface area (Å²) in [6.07, 6.45) is 0.486. The summed E-state index contributed by atoms with van der Waals surface area (Å²) in [5.41, 5.74) is 0. The first-order valence-electron chi connectivity index (χ1n) is 5.80. The Morgan fingerprint density at radius 3 is 2.70 bits per heavy atom. The van der Waals surface area contributed by atoms with Gasteiger partial charge >= 0.3 is 5.97 Å². The van der Waals surface area contributed by atoms with E-state index in [0.717, 1.165) is 16.2 Å². The van der Waals surface area contributed by atoms with Crippen LogP contribution in [0.3, 0.4) is 0 Å². The van der Waals surface area contributed by atoms with E-state index in [1.807, 2.05) is 17.5 Å². The number of thiophene rings is 2. The van der Waals surface area contributed by atoms with Gasteiger partial charge in [0.15, 0.2) is 0 Å². The molecule has 8 heteroatoms. The Balaban J connectivity index is 1.95. The lowest BCUT2D eigenvalue weighted by Crippen LogP contribution is -2.25. The molecule has 0 atom stereocenters. The maximum absolute atomic E-state index is 12.0. The van der Waals surface area contributed by atoms with Gasteiger partial charge in [-0.1, -0.05) is 6.07 Å². The van der Waals surface area contributed by atoms with Crippen LogP contribution in [0.5, 0.6) is 0 Å². The van der Waals surface area contributed by atoms with Crippen LogP contribution < -0.4 is 4.72 Å². The van der Waals surface area contributed by atoms with E-state index in [9.17, 15) is 13.2 Å². The summed E-state index contributed by atoms with van der Waals surface area (Å²) in [5, 5.41) is 10.6. The fraction of sp³-hybridized carbons (Fsp3) is 0.250. The Kier molecular flexibility index (Phi) is 4.92. The predicted octanol–water partition coefficient (Wildman–Crippen LogP) is 1.96. The minimum atomic E-state index is -3.55. The molecule has 20 heavy (non-hydrogen) atoms. The number of carboxylic acids is 1. The summed E-state index contributed by atoms with van der Waals surface area (Å²) in [5.74, 6) is -0.971. The molecule has 0 bridgehead atoms. The van der Waals surface area contributed by atoms with E-state index >= 15 is 0 Å². The maximum atomic E-state index is 12.0. The molecule has 0 unspecified atom stereocenters. The van der Waals surface area contributed by atoms with E-state index < -0.39 is 16.0 Å². The van der Waals surface area contributed by atoms with Crippen LogP contribution in [0.4, 0.5) is 0 Å². The first kappa shape index (κ1) is 15.2. The van der Waals surface area contributed by atoms with Gasteiger partial charge in [-0.05, 0) is 30.0 Å². The monoisotopic (exact) mass is 331 g/mol. The first-order chi connectivity index (χ1) is 9.47. The Bertz CT molecular complexity index is 673. The van der Waals surface area contributed by atoms with Crippen LogP contribution in [0, 0.1) is 0 Å². The van der Waals surface area contributed by atoms with Crippen molar-refractivity contribution in [2.24, 2.45) is 0 Å². The number of sulfonamides is 1. The van der Waals surface area contributed by atoms with E-state index in [0.29, 0.717) is 17.8 Å². The molecule has 5 nitrogen and oxygen atoms in total. The van der Waals surface area contributed by atoms with Crippen LogP contribution in [-0.2, 0) is 27.7 Å². The second kappa shape index (κ2) is 6.49. The standard InChI is InChI=1S/C12H13NO4S3/c14-11(15)8-10-3-4-12(19-10)20(16,17)13-6-5-9-2-1-7-18-9/h1-4,7,13H,5-6,8H2,(H,14,15). The third kappa shape index (κ3) is 4.14. The lowest BCUT2D eigenvalue weighted by molar-refractivity contribution is -0.136. The SMILES string of the molecule is O=C(O)Cc1ccc(S(=O)(=O)NCCc2cccs2)s1. The lowest BCUT2D eigenvalue weighted by Gasteiger charge is -2.03. The quantitative estimate of drug-likeness (QED) is 0.812. The molecule has 2 heterocycles. The Morgan fingerprint density at radius 2 is 2.05 bits per heavy atom. The van der Waals surface area contributed by atoms with Crippen molar-refractivity contribution in [2.45, 2.75) is 17.1 Å². The summed E-state index contributed by atoms with van der Waals surface area (Å²) in [4.78, 5) is 12.2. The molecule has 0 amide bonds. The maximum Gasteiger partial charge on any atom is 0.308 e. The topological polar surface area (TPSA) is 83.5 Å². The highest BCUT2D eigenvalue weighted by Crippen LogP contribution is 2.22. The Morgan fingerprint density at radius 1 is 1.25 bits per heavy atom. The zero-order valence-electron chi connectivity index (χ0n) is 10.4. The van der Waals surface area contributed by atoms with E-state index in [1.165, 1.54) is 12.1 Å². The van der Waals surface area contributed by atoms with Crippen molar-refractivity contribution in [3.05, 3.63) is 39.4 Å². The van der Waals surface area contributed by atoms with Crippen molar-refractivity contribution in [3.8, 4) is 0 Å². The van der Waals surface area contributed by atoms with Crippen LogP contribution in [0.15, 0.2) is 33.9 Å². The van der Waals surface area contributed by atoms with Crippen molar-refractivity contribution < 1.29 is 18.3 Å². The van der Waals surface area contributed by atoms with Gasteiger partial charge < -0.3 is 5.11 Å². The summed E-state index contributed by atoms with van der Waals surface area (Å²) in [6, 6.07) is 6.85. The van der Waals surface area contributed by atoms with Gasteiger partial charge in [0.2, 0.25) is 10.0 Å². The van der Waals surface area contributed by atoms with E-state index in [2.05, 4.69) is 4.72 Å². The second-order valence-electron chi connectivity index (χ2n) is 4.02. The number of carboxylic acid groups (broad SMARTS) is 1. The largest absolute Gasteiger partial charge is 0.481 e. The minimum Gasteiger partial charge on any atom is -0.481 e. The highest BCUT2D eigenvalue weighted by Gasteiger charge is 2.17. The number of carbonyl (C=O) groups is 1. The molecule has 0 fully saturated rings. The summed E-state index contributed by atoms with van der Waals surface area (Å²) >= 11 is 2.57. The number of hydrogen-bond donors (Lipinski definition) is 2. The third-order valence-electron chi connectivity index (χ3n) is 2.47. The molecule has 0 saturated carbocycles. The molecule has 2 aromatic rings. The Hall–Kier alpha value is -1.22. The zero-order chi connectivity index (χ0) is 14.6. The van der Waals surface area contributed by atoms with Crippen LogP contribution in [0.1, 0.15) is 9.75 Å². The van der Waals surface area contributed by atoms with Gasteiger partial charge in [0.1, 0.15) is 4.21 Å². The van der Waals surface area contributed by atoms with Gasteiger partial charge in [-0.2, -0.15) is 0 Å². The third-order valence-corrected chi connectivity index (χ3v) is 6.45. The van der Waals surface area contributed by atoms with Crippen molar-refractivity contribution in [1.29, 1.82) is 0 Å². The van der Waals surface area contributed by atoms with Crippen molar-refractivity contribution in [1.82, 2.24) is 4.72 Å². The average molecular weight is 331 g/mol. The lowest BCUT2D eigenvalue weighted by atomic mass is 10.3. The molecular formula is C12H13NO4S3. The molecular weight excluding hydrogens is 318 g/mol.